The first-order chi connectivity index (χ1) is 18.9. The predicted molar refractivity (Wildman–Crippen MR) is 144 cm³/mol. The average Bonchev–Trinajstić information content (AvgIpc) is 3.70. The number of nitrogens with one attached hydrogen (secondary N) is 1. The normalized spacial score (nSPS) is 24.0. The minimum atomic E-state index is -0.540. The number of carbonyl (C=O) groups excluding carboxylic acids is 1. The Bertz CT molecular complexity index is 1480. The fraction of sp³-hybridized carbons (Fsp3) is 0.500. The van der Waals surface area contributed by atoms with Gasteiger partial charge in [-0.05, 0) is 74.1 Å². The summed E-state index contributed by atoms with van der Waals surface area (Å²) in [6, 6.07) is 7.75. The number of amides is 1. The highest BCUT2D eigenvalue weighted by atomic mass is 19.1. The number of pyridine rings is 2. The van der Waals surface area contributed by atoms with Gasteiger partial charge in [-0.25, -0.2) is 9.37 Å². The van der Waals surface area contributed by atoms with E-state index in [1.807, 2.05) is 0 Å². The van der Waals surface area contributed by atoms with E-state index < -0.39 is 11.5 Å². The van der Waals surface area contributed by atoms with Gasteiger partial charge in [-0.1, -0.05) is 12.1 Å². The largest absolute Gasteiger partial charge is 0.506 e. The molecule has 4 fully saturated rings. The van der Waals surface area contributed by atoms with Crippen molar-refractivity contribution in [3.05, 3.63) is 58.3 Å². The summed E-state index contributed by atoms with van der Waals surface area (Å²) in [6.45, 7) is 2.59. The van der Waals surface area contributed by atoms with Gasteiger partial charge in [-0.3, -0.25) is 19.1 Å². The molecule has 39 heavy (non-hydrogen) atoms. The van der Waals surface area contributed by atoms with Crippen molar-refractivity contribution in [1.82, 2.24) is 19.8 Å². The third-order valence-electron chi connectivity index (χ3n) is 9.13. The summed E-state index contributed by atoms with van der Waals surface area (Å²) in [6.07, 6.45) is 9.61. The van der Waals surface area contributed by atoms with Crippen LogP contribution in [-0.4, -0.2) is 63.3 Å². The molecule has 2 aliphatic heterocycles. The van der Waals surface area contributed by atoms with Gasteiger partial charge >= 0.3 is 0 Å². The molecule has 2 N–H and O–H groups in total. The van der Waals surface area contributed by atoms with Gasteiger partial charge < -0.3 is 15.2 Å². The fourth-order valence-electron chi connectivity index (χ4n) is 6.78. The van der Waals surface area contributed by atoms with Crippen molar-refractivity contribution in [3.63, 3.8) is 0 Å². The molecule has 4 heterocycles. The molecule has 9 heteroatoms. The van der Waals surface area contributed by atoms with Crippen LogP contribution in [0.25, 0.3) is 22.2 Å². The van der Waals surface area contributed by atoms with Crippen LogP contribution in [-0.2, 0) is 11.3 Å². The molecule has 1 spiro atoms. The average molecular weight is 533 g/mol. The number of hydrogen-bond acceptors (Lipinski definition) is 6. The molecule has 204 valence electrons. The van der Waals surface area contributed by atoms with E-state index in [9.17, 15) is 19.1 Å². The van der Waals surface area contributed by atoms with E-state index in [1.54, 1.807) is 24.4 Å². The number of morpholine rings is 1. The van der Waals surface area contributed by atoms with E-state index in [4.69, 9.17) is 4.74 Å². The highest BCUT2D eigenvalue weighted by Crippen LogP contribution is 2.60. The zero-order valence-corrected chi connectivity index (χ0v) is 21.9. The summed E-state index contributed by atoms with van der Waals surface area (Å²) in [4.78, 5) is 34.0. The zero-order valence-electron chi connectivity index (χ0n) is 21.9. The highest BCUT2D eigenvalue weighted by Gasteiger charge is 2.53. The SMILES string of the molecule is O=C(NC1CC2(CC2)C1)c1c(O)c2cc(-c3ccc(F)cc3)cnc2n(CCN2CC3CCCC(C2)O3)c1=O. The third kappa shape index (κ3) is 4.61. The molecule has 2 saturated heterocycles. The molecule has 0 radical (unpaired) electrons. The maximum Gasteiger partial charge on any atom is 0.268 e. The van der Waals surface area contributed by atoms with Crippen LogP contribution >= 0.6 is 0 Å². The summed E-state index contributed by atoms with van der Waals surface area (Å²) in [5.41, 5.74) is 1.33. The lowest BCUT2D eigenvalue weighted by Crippen LogP contribution is -2.51. The summed E-state index contributed by atoms with van der Waals surface area (Å²) in [7, 11) is 0. The van der Waals surface area contributed by atoms with Crippen molar-refractivity contribution < 1.29 is 19.0 Å². The van der Waals surface area contributed by atoms with Crippen LogP contribution in [0.5, 0.6) is 5.75 Å². The van der Waals surface area contributed by atoms with Gasteiger partial charge in [-0.15, -0.1) is 0 Å². The lowest BCUT2D eigenvalue weighted by Gasteiger charge is -2.41. The van der Waals surface area contributed by atoms with Crippen molar-refractivity contribution >= 4 is 16.9 Å². The Hall–Kier alpha value is -3.30. The van der Waals surface area contributed by atoms with Gasteiger partial charge in [0.2, 0.25) is 0 Å². The lowest BCUT2D eigenvalue weighted by atomic mass is 9.77. The van der Waals surface area contributed by atoms with E-state index >= 15 is 0 Å². The number of aromatic nitrogens is 2. The Balaban J connectivity index is 1.24. The van der Waals surface area contributed by atoms with Crippen molar-refractivity contribution in [2.45, 2.75) is 69.7 Å². The van der Waals surface area contributed by atoms with Gasteiger partial charge in [0.05, 0.1) is 17.6 Å². The number of ether oxygens (including phenoxy) is 1. The van der Waals surface area contributed by atoms with Gasteiger partial charge in [-0.2, -0.15) is 0 Å². The number of carbonyl (C=O) groups is 1. The second-order valence-corrected chi connectivity index (χ2v) is 11.9. The smallest absolute Gasteiger partial charge is 0.268 e. The van der Waals surface area contributed by atoms with Crippen molar-refractivity contribution in [1.29, 1.82) is 0 Å². The van der Waals surface area contributed by atoms with E-state index in [0.717, 1.165) is 44.3 Å². The van der Waals surface area contributed by atoms with E-state index in [-0.39, 0.29) is 35.4 Å². The summed E-state index contributed by atoms with van der Waals surface area (Å²) in [5.74, 6) is -1.25. The lowest BCUT2D eigenvalue weighted by molar-refractivity contribution is -0.113. The second-order valence-electron chi connectivity index (χ2n) is 11.9. The quantitative estimate of drug-likeness (QED) is 0.501. The standard InChI is InChI=1S/C30H33FN4O4/c31-20-6-4-18(5-7-20)19-12-24-26(36)25(28(37)33-21-13-30(14-21)8-9-30)29(38)35(27(24)32-15-19)11-10-34-16-22-2-1-3-23(17-34)39-22/h4-7,12,15,21-23,36H,1-3,8-11,13-14,16-17H2,(H,33,37). The predicted octanol–water partition coefficient (Wildman–Crippen LogP) is 3.83. The van der Waals surface area contributed by atoms with Crippen LogP contribution in [0.3, 0.4) is 0 Å². The number of halogens is 1. The summed E-state index contributed by atoms with van der Waals surface area (Å²) < 4.78 is 21.1. The topological polar surface area (TPSA) is 96.7 Å². The van der Waals surface area contributed by atoms with Crippen molar-refractivity contribution in [2.75, 3.05) is 19.6 Å². The number of benzene rings is 1. The molecule has 2 unspecified atom stereocenters. The van der Waals surface area contributed by atoms with Gasteiger partial charge in [0.15, 0.2) is 0 Å². The van der Waals surface area contributed by atoms with Gasteiger partial charge in [0.25, 0.3) is 11.5 Å². The molecule has 2 aromatic heterocycles. The fourth-order valence-corrected chi connectivity index (χ4v) is 6.78. The Morgan fingerprint density at radius 1 is 1.10 bits per heavy atom. The van der Waals surface area contributed by atoms with Crippen LogP contribution in [0, 0.1) is 11.2 Å². The highest BCUT2D eigenvalue weighted by molar-refractivity contribution is 6.02. The summed E-state index contributed by atoms with van der Waals surface area (Å²) >= 11 is 0. The first-order valence-electron chi connectivity index (χ1n) is 14.1. The number of rotatable bonds is 6. The molecular formula is C30H33FN4O4. The monoisotopic (exact) mass is 532 g/mol. The maximum atomic E-state index is 13.8. The molecule has 2 bridgehead atoms. The molecule has 7 rings (SSSR count). The Morgan fingerprint density at radius 3 is 2.51 bits per heavy atom. The Morgan fingerprint density at radius 2 is 1.82 bits per heavy atom. The van der Waals surface area contributed by atoms with Crippen molar-refractivity contribution in [2.24, 2.45) is 5.41 Å². The molecule has 1 aromatic carbocycles. The minimum Gasteiger partial charge on any atom is -0.506 e. The molecular weight excluding hydrogens is 499 g/mol. The van der Waals surface area contributed by atoms with Crippen LogP contribution in [0.4, 0.5) is 4.39 Å². The molecule has 4 aliphatic rings. The van der Waals surface area contributed by atoms with Crippen LogP contribution in [0.2, 0.25) is 0 Å². The van der Waals surface area contributed by atoms with Crippen molar-refractivity contribution in [3.8, 4) is 16.9 Å². The zero-order chi connectivity index (χ0) is 26.7. The molecule has 3 aromatic rings. The van der Waals surface area contributed by atoms with E-state index in [1.165, 1.54) is 36.0 Å². The number of nitrogens with zero attached hydrogens (tertiary/aromatic N) is 3. The molecule has 2 saturated carbocycles. The molecule has 2 aliphatic carbocycles. The first-order valence-corrected chi connectivity index (χ1v) is 14.1. The Labute approximate surface area is 225 Å². The van der Waals surface area contributed by atoms with Gasteiger partial charge in [0, 0.05) is 44.0 Å². The van der Waals surface area contributed by atoms with Gasteiger partial charge in [0.1, 0.15) is 22.8 Å². The number of fused-ring (bicyclic) bond motifs is 3. The second kappa shape index (κ2) is 9.41. The van der Waals surface area contributed by atoms with Crippen LogP contribution in [0.15, 0.2) is 41.3 Å². The maximum absolute atomic E-state index is 13.8. The third-order valence-corrected chi connectivity index (χ3v) is 9.13. The molecule has 8 nitrogen and oxygen atoms in total. The number of aromatic hydroxyl groups is 1. The Kier molecular flexibility index (Phi) is 5.97. The molecule has 2 atom stereocenters. The summed E-state index contributed by atoms with van der Waals surface area (Å²) in [5, 5.41) is 14.6. The number of hydrogen-bond donors (Lipinski definition) is 2. The van der Waals surface area contributed by atoms with Crippen LogP contribution < -0.4 is 10.9 Å². The van der Waals surface area contributed by atoms with Crippen LogP contribution in [0.1, 0.15) is 55.3 Å². The van der Waals surface area contributed by atoms with E-state index in [2.05, 4.69) is 15.2 Å². The molecule has 1 amide bonds. The minimum absolute atomic E-state index is 0.0272. The van der Waals surface area contributed by atoms with E-state index in [0.29, 0.717) is 35.1 Å². The first kappa shape index (κ1) is 24.7. The number of likely N-dealkylation sites (tertiary alicyclic amines) is 1.